The molecule has 56 heavy (non-hydrogen) atoms. The SMILES string of the molecule is c1ccc(-c2cc(-c3cccc(-c4nc(-c5ccccc5-c5ccccc5)nc(-n5c6ccccc6c6ccccc65)n4)c3)c3c(c2)oc2ccccc23)cc1. The summed E-state index contributed by atoms with van der Waals surface area (Å²) in [6, 6.07) is 67.4. The number of benzene rings is 8. The summed E-state index contributed by atoms with van der Waals surface area (Å²) in [6.07, 6.45) is 0. The summed E-state index contributed by atoms with van der Waals surface area (Å²) in [6.45, 7) is 0. The number of fused-ring (bicyclic) bond motifs is 6. The van der Waals surface area contributed by atoms with Gasteiger partial charge in [-0.25, -0.2) is 4.98 Å². The maximum Gasteiger partial charge on any atom is 0.238 e. The van der Waals surface area contributed by atoms with Crippen LogP contribution in [0.25, 0.3) is 106 Å². The Hall–Kier alpha value is -7.63. The molecule has 0 bridgehead atoms. The van der Waals surface area contributed by atoms with Crippen LogP contribution in [0.5, 0.6) is 0 Å². The highest BCUT2D eigenvalue weighted by Crippen LogP contribution is 2.41. The first kappa shape index (κ1) is 31.9. The Morgan fingerprint density at radius 3 is 1.66 bits per heavy atom. The predicted molar refractivity (Wildman–Crippen MR) is 229 cm³/mol. The quantitative estimate of drug-likeness (QED) is 0.172. The maximum absolute atomic E-state index is 6.50. The summed E-state index contributed by atoms with van der Waals surface area (Å²) in [5, 5.41) is 4.45. The zero-order chi connectivity index (χ0) is 37.0. The molecule has 0 amide bonds. The van der Waals surface area contributed by atoms with E-state index >= 15 is 0 Å². The first-order chi connectivity index (χ1) is 27.8. The van der Waals surface area contributed by atoms with Gasteiger partial charge in [0.2, 0.25) is 5.95 Å². The minimum Gasteiger partial charge on any atom is -0.456 e. The van der Waals surface area contributed by atoms with Crippen molar-refractivity contribution in [3.8, 4) is 62.1 Å². The Balaban J connectivity index is 1.16. The van der Waals surface area contributed by atoms with Crippen molar-refractivity contribution in [2.45, 2.75) is 0 Å². The molecule has 0 aliphatic rings. The Morgan fingerprint density at radius 1 is 0.339 bits per heavy atom. The Morgan fingerprint density at radius 2 is 0.911 bits per heavy atom. The highest BCUT2D eigenvalue weighted by atomic mass is 16.3. The van der Waals surface area contributed by atoms with E-state index in [1.165, 1.54) is 0 Å². The van der Waals surface area contributed by atoms with E-state index in [2.05, 4.69) is 168 Å². The average molecular weight is 717 g/mol. The van der Waals surface area contributed by atoms with Crippen LogP contribution in [0.1, 0.15) is 0 Å². The van der Waals surface area contributed by atoms with Gasteiger partial charge in [0.25, 0.3) is 0 Å². The van der Waals surface area contributed by atoms with Crippen molar-refractivity contribution < 1.29 is 4.42 Å². The van der Waals surface area contributed by atoms with E-state index in [1.54, 1.807) is 0 Å². The Kier molecular flexibility index (Phi) is 7.42. The topological polar surface area (TPSA) is 56.7 Å². The standard InChI is InChI=1S/C51H32N4O/c1-3-16-33(17-4-1)37-31-43(48-42-26-11-14-29-46(42)56-47(48)32-37)35-20-15-21-36(30-35)49-52-50(41-25-8-7-22-38(41)34-18-5-2-6-19-34)54-51(53-49)55-44-27-12-9-23-39(44)40-24-10-13-28-45(40)55/h1-32H. The number of hydrogen-bond acceptors (Lipinski definition) is 4. The van der Waals surface area contributed by atoms with Crippen molar-refractivity contribution in [1.29, 1.82) is 0 Å². The zero-order valence-corrected chi connectivity index (χ0v) is 30.2. The monoisotopic (exact) mass is 716 g/mol. The van der Waals surface area contributed by atoms with Crippen LogP contribution in [0.2, 0.25) is 0 Å². The van der Waals surface area contributed by atoms with Crippen LogP contribution in [-0.2, 0) is 0 Å². The molecule has 8 aromatic carbocycles. The average Bonchev–Trinajstić information content (AvgIpc) is 3.82. The van der Waals surface area contributed by atoms with Gasteiger partial charge in [-0.05, 0) is 69.8 Å². The van der Waals surface area contributed by atoms with Crippen LogP contribution in [-0.4, -0.2) is 19.5 Å². The molecule has 0 saturated heterocycles. The lowest BCUT2D eigenvalue weighted by Crippen LogP contribution is -2.07. The maximum atomic E-state index is 6.50. The van der Waals surface area contributed by atoms with Crippen LogP contribution in [0.3, 0.4) is 0 Å². The molecular weight excluding hydrogens is 685 g/mol. The van der Waals surface area contributed by atoms with Gasteiger partial charge in [-0.15, -0.1) is 0 Å². The second kappa shape index (κ2) is 13.0. The number of aromatic nitrogens is 4. The third kappa shape index (κ3) is 5.29. The van der Waals surface area contributed by atoms with Gasteiger partial charge < -0.3 is 4.42 Å². The molecule has 0 radical (unpaired) electrons. The molecule has 0 unspecified atom stereocenters. The van der Waals surface area contributed by atoms with E-state index in [0.29, 0.717) is 17.6 Å². The van der Waals surface area contributed by atoms with Crippen LogP contribution >= 0.6 is 0 Å². The van der Waals surface area contributed by atoms with Gasteiger partial charge in [0, 0.05) is 32.7 Å². The first-order valence-electron chi connectivity index (χ1n) is 18.8. The lowest BCUT2D eigenvalue weighted by Gasteiger charge is -2.14. The van der Waals surface area contributed by atoms with Gasteiger partial charge in [-0.3, -0.25) is 4.57 Å². The van der Waals surface area contributed by atoms with E-state index in [1.807, 2.05) is 30.3 Å². The Bertz CT molecular complexity index is 3200. The summed E-state index contributed by atoms with van der Waals surface area (Å²) >= 11 is 0. The number of furan rings is 1. The molecular formula is C51H32N4O. The van der Waals surface area contributed by atoms with Crippen molar-refractivity contribution in [2.75, 3.05) is 0 Å². The highest BCUT2D eigenvalue weighted by Gasteiger charge is 2.20. The van der Waals surface area contributed by atoms with Crippen LogP contribution in [0.4, 0.5) is 0 Å². The van der Waals surface area contributed by atoms with E-state index in [0.717, 1.165) is 88.3 Å². The van der Waals surface area contributed by atoms with E-state index in [4.69, 9.17) is 19.4 Å². The minimum atomic E-state index is 0.560. The number of rotatable bonds is 6. The highest BCUT2D eigenvalue weighted by molar-refractivity contribution is 6.14. The first-order valence-corrected chi connectivity index (χ1v) is 18.8. The molecule has 3 aromatic heterocycles. The van der Waals surface area contributed by atoms with Gasteiger partial charge in [0.1, 0.15) is 11.2 Å². The summed E-state index contributed by atoms with van der Waals surface area (Å²) in [5.41, 5.74) is 12.1. The molecule has 0 fully saturated rings. The number of hydrogen-bond donors (Lipinski definition) is 0. The van der Waals surface area contributed by atoms with Gasteiger partial charge in [0.05, 0.1) is 11.0 Å². The third-order valence-corrected chi connectivity index (χ3v) is 10.7. The summed E-state index contributed by atoms with van der Waals surface area (Å²) in [7, 11) is 0. The fraction of sp³-hybridized carbons (Fsp3) is 0. The molecule has 0 saturated carbocycles. The van der Waals surface area contributed by atoms with Crippen molar-refractivity contribution in [2.24, 2.45) is 0 Å². The number of para-hydroxylation sites is 3. The largest absolute Gasteiger partial charge is 0.456 e. The molecule has 0 atom stereocenters. The van der Waals surface area contributed by atoms with Gasteiger partial charge in [-0.1, -0.05) is 158 Å². The van der Waals surface area contributed by atoms with Gasteiger partial charge in [-0.2, -0.15) is 9.97 Å². The fourth-order valence-corrected chi connectivity index (χ4v) is 8.11. The minimum absolute atomic E-state index is 0.560. The Labute approximate surface area is 322 Å². The second-order valence-corrected chi connectivity index (χ2v) is 14.0. The lowest BCUT2D eigenvalue weighted by molar-refractivity contribution is 0.669. The molecule has 0 aliphatic heterocycles. The summed E-state index contributed by atoms with van der Waals surface area (Å²) in [4.78, 5) is 15.9. The summed E-state index contributed by atoms with van der Waals surface area (Å²) < 4.78 is 8.66. The molecule has 0 N–H and O–H groups in total. The normalized spacial score (nSPS) is 11.6. The molecule has 5 nitrogen and oxygen atoms in total. The van der Waals surface area contributed by atoms with E-state index < -0.39 is 0 Å². The van der Waals surface area contributed by atoms with Gasteiger partial charge in [0.15, 0.2) is 11.6 Å². The molecule has 5 heteroatoms. The van der Waals surface area contributed by atoms with E-state index in [9.17, 15) is 0 Å². The molecule has 11 rings (SSSR count). The van der Waals surface area contributed by atoms with Gasteiger partial charge >= 0.3 is 0 Å². The van der Waals surface area contributed by atoms with Crippen LogP contribution in [0, 0.1) is 0 Å². The van der Waals surface area contributed by atoms with Crippen molar-refractivity contribution in [1.82, 2.24) is 19.5 Å². The smallest absolute Gasteiger partial charge is 0.238 e. The molecule has 0 aliphatic carbocycles. The molecule has 11 aromatic rings. The molecule has 262 valence electrons. The van der Waals surface area contributed by atoms with Crippen LogP contribution in [0.15, 0.2) is 199 Å². The van der Waals surface area contributed by atoms with Crippen LogP contribution < -0.4 is 0 Å². The molecule has 0 spiro atoms. The van der Waals surface area contributed by atoms with Crippen molar-refractivity contribution in [3.05, 3.63) is 194 Å². The summed E-state index contributed by atoms with van der Waals surface area (Å²) in [5.74, 6) is 1.75. The lowest BCUT2D eigenvalue weighted by atomic mass is 9.93. The second-order valence-electron chi connectivity index (χ2n) is 14.0. The van der Waals surface area contributed by atoms with Crippen molar-refractivity contribution in [3.63, 3.8) is 0 Å². The number of nitrogens with zero attached hydrogens (tertiary/aromatic N) is 4. The zero-order valence-electron chi connectivity index (χ0n) is 30.2. The van der Waals surface area contributed by atoms with E-state index in [-0.39, 0.29) is 0 Å². The van der Waals surface area contributed by atoms with Crippen molar-refractivity contribution >= 4 is 43.7 Å². The predicted octanol–water partition coefficient (Wildman–Crippen LogP) is 13.2. The fourth-order valence-electron chi connectivity index (χ4n) is 8.11. The third-order valence-electron chi connectivity index (χ3n) is 10.7. The molecule has 3 heterocycles.